The Kier molecular flexibility index (Phi) is 3.81. The van der Waals surface area contributed by atoms with Gasteiger partial charge in [-0.2, -0.15) is 5.10 Å². The zero-order chi connectivity index (χ0) is 18.1. The van der Waals surface area contributed by atoms with E-state index in [4.69, 9.17) is 0 Å². The first-order chi connectivity index (χ1) is 12.6. The van der Waals surface area contributed by atoms with Crippen molar-refractivity contribution in [1.29, 1.82) is 0 Å². The van der Waals surface area contributed by atoms with E-state index in [9.17, 15) is 14.0 Å². The number of fused-ring (bicyclic) bond motifs is 1. The molecule has 0 saturated carbocycles. The maximum atomic E-state index is 13.8. The van der Waals surface area contributed by atoms with E-state index in [-0.39, 0.29) is 16.9 Å². The molecule has 0 fully saturated rings. The Morgan fingerprint density at radius 1 is 1.12 bits per heavy atom. The second-order valence-corrected chi connectivity index (χ2v) is 5.68. The number of hydrogen-bond donors (Lipinski definition) is 2. The van der Waals surface area contributed by atoms with Crippen molar-refractivity contribution < 1.29 is 9.18 Å². The topological polar surface area (TPSA) is 79.8 Å². The van der Waals surface area contributed by atoms with Crippen LogP contribution in [0.3, 0.4) is 0 Å². The summed E-state index contributed by atoms with van der Waals surface area (Å²) in [7, 11) is 0. The summed E-state index contributed by atoms with van der Waals surface area (Å²) in [6, 6.07) is 14.8. The Morgan fingerprint density at radius 2 is 1.88 bits per heavy atom. The lowest BCUT2D eigenvalue weighted by molar-refractivity contribution is 0.102. The van der Waals surface area contributed by atoms with Gasteiger partial charge in [-0.3, -0.25) is 9.59 Å². The van der Waals surface area contributed by atoms with E-state index < -0.39 is 11.7 Å². The van der Waals surface area contributed by atoms with Crippen LogP contribution in [0.5, 0.6) is 0 Å². The molecule has 4 rings (SSSR count). The third kappa shape index (κ3) is 2.86. The molecule has 7 heteroatoms. The van der Waals surface area contributed by atoms with Crippen molar-refractivity contribution in [3.63, 3.8) is 0 Å². The summed E-state index contributed by atoms with van der Waals surface area (Å²) in [5.41, 5.74) is 0.446. The summed E-state index contributed by atoms with van der Waals surface area (Å²) in [4.78, 5) is 27.1. The number of anilines is 1. The second-order valence-electron chi connectivity index (χ2n) is 5.68. The van der Waals surface area contributed by atoms with Crippen molar-refractivity contribution in [2.45, 2.75) is 0 Å². The minimum absolute atomic E-state index is 0.132. The van der Waals surface area contributed by atoms with Crippen molar-refractivity contribution in [2.24, 2.45) is 0 Å². The van der Waals surface area contributed by atoms with E-state index in [0.717, 1.165) is 0 Å². The van der Waals surface area contributed by atoms with E-state index >= 15 is 0 Å². The van der Waals surface area contributed by atoms with Gasteiger partial charge in [0.1, 0.15) is 17.2 Å². The van der Waals surface area contributed by atoms with Gasteiger partial charge >= 0.3 is 0 Å². The van der Waals surface area contributed by atoms with E-state index in [1.807, 2.05) is 0 Å². The Hall–Kier alpha value is -3.74. The highest BCUT2D eigenvalue weighted by molar-refractivity contribution is 6.04. The largest absolute Gasteiger partial charge is 0.318 e. The van der Waals surface area contributed by atoms with Crippen molar-refractivity contribution in [1.82, 2.24) is 14.8 Å². The Labute approximate surface area is 146 Å². The maximum Gasteiger partial charge on any atom is 0.272 e. The molecule has 2 aromatic carbocycles. The van der Waals surface area contributed by atoms with Crippen LogP contribution in [-0.4, -0.2) is 20.7 Å². The molecular weight excluding hydrogens is 335 g/mol. The summed E-state index contributed by atoms with van der Waals surface area (Å²) >= 11 is 0. The molecule has 4 aromatic rings. The summed E-state index contributed by atoms with van der Waals surface area (Å²) < 4.78 is 15.1. The number of hydrogen-bond acceptors (Lipinski definition) is 3. The third-order valence-corrected chi connectivity index (χ3v) is 3.94. The lowest BCUT2D eigenvalue weighted by Crippen LogP contribution is -2.18. The Morgan fingerprint density at radius 3 is 2.73 bits per heavy atom. The minimum atomic E-state index is -0.485. The third-order valence-electron chi connectivity index (χ3n) is 3.94. The first kappa shape index (κ1) is 15.8. The summed E-state index contributed by atoms with van der Waals surface area (Å²) in [6.45, 7) is 0. The minimum Gasteiger partial charge on any atom is -0.318 e. The van der Waals surface area contributed by atoms with E-state index in [1.54, 1.807) is 48.5 Å². The van der Waals surface area contributed by atoms with Crippen LogP contribution in [0, 0.1) is 5.82 Å². The second kappa shape index (κ2) is 6.29. The molecule has 0 atom stereocenters. The molecule has 6 nitrogen and oxygen atoms in total. The van der Waals surface area contributed by atoms with Gasteiger partial charge in [0.2, 0.25) is 0 Å². The molecule has 0 spiro atoms. The number of rotatable bonds is 3. The molecule has 0 aliphatic heterocycles. The molecule has 0 radical (unpaired) electrons. The zero-order valence-corrected chi connectivity index (χ0v) is 13.4. The molecule has 2 heterocycles. The predicted molar refractivity (Wildman–Crippen MR) is 96.0 cm³/mol. The Bertz CT molecular complexity index is 1180. The highest BCUT2D eigenvalue weighted by Gasteiger charge is 2.12. The lowest BCUT2D eigenvalue weighted by atomic mass is 10.1. The SMILES string of the molecule is O=C(Nc1cnn(-c2ccccc2F)c1)c1cc2ccccc2c(=O)[nH]1. The molecular formula is C19H13FN4O2. The molecule has 0 saturated heterocycles. The molecule has 1 amide bonds. The number of halogens is 1. The van der Waals surface area contributed by atoms with Gasteiger partial charge in [-0.15, -0.1) is 0 Å². The summed E-state index contributed by atoms with van der Waals surface area (Å²) in [5.74, 6) is -0.909. The molecule has 0 bridgehead atoms. The zero-order valence-electron chi connectivity index (χ0n) is 13.4. The van der Waals surface area contributed by atoms with Gasteiger partial charge in [0.25, 0.3) is 11.5 Å². The maximum absolute atomic E-state index is 13.8. The Balaban J connectivity index is 1.61. The van der Waals surface area contributed by atoms with Crippen LogP contribution in [0.1, 0.15) is 10.5 Å². The standard InChI is InChI=1S/C19H13FN4O2/c20-15-7-3-4-8-17(15)24-11-13(10-21-24)22-19(26)16-9-12-5-1-2-6-14(12)18(25)23-16/h1-11H,(H,22,26)(H,23,25). The van der Waals surface area contributed by atoms with E-state index in [1.165, 1.54) is 23.1 Å². The fraction of sp³-hybridized carbons (Fsp3) is 0. The fourth-order valence-electron chi connectivity index (χ4n) is 2.69. The summed E-state index contributed by atoms with van der Waals surface area (Å²) in [6.07, 6.45) is 2.90. The first-order valence-electron chi connectivity index (χ1n) is 7.85. The average Bonchev–Trinajstić information content (AvgIpc) is 3.10. The molecule has 2 N–H and O–H groups in total. The van der Waals surface area contributed by atoms with Crippen LogP contribution in [-0.2, 0) is 0 Å². The number of carbonyl (C=O) groups is 1. The van der Waals surface area contributed by atoms with Gasteiger partial charge in [0, 0.05) is 5.39 Å². The number of para-hydroxylation sites is 1. The van der Waals surface area contributed by atoms with Gasteiger partial charge in [0.05, 0.1) is 18.1 Å². The number of pyridine rings is 1. The first-order valence-corrected chi connectivity index (χ1v) is 7.85. The number of benzene rings is 2. The number of aromatic nitrogens is 3. The average molecular weight is 348 g/mol. The molecule has 0 aliphatic rings. The van der Waals surface area contributed by atoms with Gasteiger partial charge in [-0.25, -0.2) is 9.07 Å². The van der Waals surface area contributed by atoms with Crippen molar-refractivity contribution in [2.75, 3.05) is 5.32 Å². The van der Waals surface area contributed by atoms with Crippen LogP contribution in [0.15, 0.2) is 71.8 Å². The van der Waals surface area contributed by atoms with Crippen LogP contribution in [0.4, 0.5) is 10.1 Å². The van der Waals surface area contributed by atoms with Crippen LogP contribution in [0.2, 0.25) is 0 Å². The highest BCUT2D eigenvalue weighted by atomic mass is 19.1. The fourth-order valence-corrected chi connectivity index (χ4v) is 2.69. The number of carbonyl (C=O) groups excluding carboxylic acids is 1. The van der Waals surface area contributed by atoms with Gasteiger partial charge in [-0.05, 0) is 29.7 Å². The molecule has 26 heavy (non-hydrogen) atoms. The van der Waals surface area contributed by atoms with E-state index in [0.29, 0.717) is 16.5 Å². The van der Waals surface area contributed by atoms with Crippen molar-refractivity contribution in [3.05, 3.63) is 88.9 Å². The van der Waals surface area contributed by atoms with Crippen LogP contribution in [0.25, 0.3) is 16.5 Å². The van der Waals surface area contributed by atoms with E-state index in [2.05, 4.69) is 15.4 Å². The van der Waals surface area contributed by atoms with Crippen LogP contribution < -0.4 is 10.9 Å². The highest BCUT2D eigenvalue weighted by Crippen LogP contribution is 2.16. The lowest BCUT2D eigenvalue weighted by Gasteiger charge is -2.04. The normalized spacial score (nSPS) is 10.8. The smallest absolute Gasteiger partial charge is 0.272 e. The number of H-pyrrole nitrogens is 1. The monoisotopic (exact) mass is 348 g/mol. The molecule has 0 unspecified atom stereocenters. The number of amides is 1. The predicted octanol–water partition coefficient (Wildman–Crippen LogP) is 3.11. The summed E-state index contributed by atoms with van der Waals surface area (Å²) in [5, 5.41) is 7.88. The van der Waals surface area contributed by atoms with Crippen molar-refractivity contribution in [3.8, 4) is 5.69 Å². The molecule has 2 aromatic heterocycles. The number of aromatic amines is 1. The quantitative estimate of drug-likeness (QED) is 0.597. The molecule has 128 valence electrons. The van der Waals surface area contributed by atoms with Gasteiger partial charge < -0.3 is 10.3 Å². The molecule has 0 aliphatic carbocycles. The van der Waals surface area contributed by atoms with Gasteiger partial charge in [0.15, 0.2) is 0 Å². The van der Waals surface area contributed by atoms with Gasteiger partial charge in [-0.1, -0.05) is 30.3 Å². The number of nitrogens with zero attached hydrogens (tertiary/aromatic N) is 2. The van der Waals surface area contributed by atoms with Crippen LogP contribution >= 0.6 is 0 Å². The number of nitrogens with one attached hydrogen (secondary N) is 2. The van der Waals surface area contributed by atoms with Crippen molar-refractivity contribution >= 4 is 22.4 Å².